The highest BCUT2D eigenvalue weighted by Crippen LogP contribution is 2.43. The molecule has 4 aromatic carbocycles. The molecule has 6 rings (SSSR count). The molecule has 0 aliphatic heterocycles. The summed E-state index contributed by atoms with van der Waals surface area (Å²) in [6.45, 7) is 2.53. The van der Waals surface area contributed by atoms with E-state index in [1.165, 1.54) is 4.68 Å². The third-order valence-corrected chi connectivity index (χ3v) is 9.33. The number of benzene rings is 4. The van der Waals surface area contributed by atoms with E-state index in [-0.39, 0.29) is 18.0 Å². The van der Waals surface area contributed by atoms with Gasteiger partial charge in [-0.15, -0.1) is 0 Å². The maximum Gasteiger partial charge on any atom is 0.282 e. The van der Waals surface area contributed by atoms with Gasteiger partial charge in [-0.05, 0) is 81.2 Å². The van der Waals surface area contributed by atoms with Crippen LogP contribution in [-0.4, -0.2) is 29.6 Å². The van der Waals surface area contributed by atoms with Crippen LogP contribution in [0.25, 0.3) is 33.5 Å². The Morgan fingerprint density at radius 3 is 2.55 bits per heavy atom. The maximum absolute atomic E-state index is 13.8. The molecule has 0 N–H and O–H groups in total. The summed E-state index contributed by atoms with van der Waals surface area (Å²) in [4.78, 5) is 18.5. The first-order chi connectivity index (χ1) is 21.4. The predicted molar refractivity (Wildman–Crippen MR) is 180 cm³/mol. The van der Waals surface area contributed by atoms with E-state index < -0.39 is 0 Å². The van der Waals surface area contributed by atoms with Crippen molar-refractivity contribution in [2.24, 2.45) is 5.10 Å². The molecule has 0 aliphatic carbocycles. The standard InChI is InChI=1S/C33H24Br2ClN3O5/c1-3-42-27-15-20(29(34)30(35)31(27)43-18-19-9-4-6-11-23(19)36)17-37-39-32(38-24-12-7-5-10-21(24)33(39)40)28-16-22-25(41-2)13-8-14-26(22)44-28/h4-17H,3,18H2,1-2H3. The molecule has 0 amide bonds. The minimum atomic E-state index is -0.353. The van der Waals surface area contributed by atoms with Gasteiger partial charge < -0.3 is 18.6 Å². The van der Waals surface area contributed by atoms with Gasteiger partial charge in [0, 0.05) is 20.6 Å². The van der Waals surface area contributed by atoms with Crippen molar-refractivity contribution in [3.63, 3.8) is 0 Å². The van der Waals surface area contributed by atoms with Crippen molar-refractivity contribution in [1.29, 1.82) is 0 Å². The summed E-state index contributed by atoms with van der Waals surface area (Å²) in [5, 5.41) is 6.39. The van der Waals surface area contributed by atoms with E-state index in [1.54, 1.807) is 43.7 Å². The minimum absolute atomic E-state index is 0.238. The lowest BCUT2D eigenvalue weighted by atomic mass is 10.2. The third-order valence-electron chi connectivity index (χ3n) is 6.81. The van der Waals surface area contributed by atoms with Crippen LogP contribution >= 0.6 is 43.5 Å². The highest BCUT2D eigenvalue weighted by Gasteiger charge is 2.20. The van der Waals surface area contributed by atoms with E-state index in [0.717, 1.165) is 10.9 Å². The number of fused-ring (bicyclic) bond motifs is 2. The Labute approximate surface area is 274 Å². The van der Waals surface area contributed by atoms with E-state index >= 15 is 0 Å². The third kappa shape index (κ3) is 5.72. The second kappa shape index (κ2) is 12.9. The van der Waals surface area contributed by atoms with Crippen LogP contribution in [0.1, 0.15) is 18.1 Å². The first-order valence-electron chi connectivity index (χ1n) is 13.5. The molecule has 0 atom stereocenters. The van der Waals surface area contributed by atoms with Gasteiger partial charge in [0.25, 0.3) is 5.56 Å². The molecule has 2 aromatic heterocycles. The molecular formula is C33H24Br2ClN3O5. The lowest BCUT2D eigenvalue weighted by Crippen LogP contribution is -2.20. The summed E-state index contributed by atoms with van der Waals surface area (Å²) in [5.41, 5.74) is 2.23. The number of nitrogens with zero attached hydrogens (tertiary/aromatic N) is 3. The van der Waals surface area contributed by atoms with E-state index in [0.29, 0.717) is 65.6 Å². The van der Waals surface area contributed by atoms with Crippen LogP contribution < -0.4 is 19.8 Å². The van der Waals surface area contributed by atoms with Gasteiger partial charge in [-0.2, -0.15) is 9.78 Å². The number of furan rings is 1. The highest BCUT2D eigenvalue weighted by molar-refractivity contribution is 9.13. The fourth-order valence-corrected chi connectivity index (χ4v) is 5.82. The zero-order chi connectivity index (χ0) is 30.8. The van der Waals surface area contributed by atoms with Crippen LogP contribution in [0.15, 0.2) is 102 Å². The fraction of sp³-hybridized carbons (Fsp3) is 0.121. The van der Waals surface area contributed by atoms with Gasteiger partial charge in [-0.25, -0.2) is 4.98 Å². The van der Waals surface area contributed by atoms with E-state index in [4.69, 9.17) is 35.2 Å². The van der Waals surface area contributed by atoms with Gasteiger partial charge in [0.2, 0.25) is 5.82 Å². The molecule has 0 spiro atoms. The number of methoxy groups -OCH3 is 1. The van der Waals surface area contributed by atoms with Gasteiger partial charge in [0.15, 0.2) is 17.3 Å². The van der Waals surface area contributed by atoms with Crippen molar-refractivity contribution in [1.82, 2.24) is 9.66 Å². The molecule has 11 heteroatoms. The summed E-state index contributed by atoms with van der Waals surface area (Å²) in [6.07, 6.45) is 1.56. The summed E-state index contributed by atoms with van der Waals surface area (Å²) in [6, 6.07) is 23.7. The molecule has 0 saturated carbocycles. The summed E-state index contributed by atoms with van der Waals surface area (Å²) in [7, 11) is 1.59. The number of aromatic nitrogens is 2. The van der Waals surface area contributed by atoms with Crippen molar-refractivity contribution >= 4 is 71.5 Å². The monoisotopic (exact) mass is 735 g/mol. The lowest BCUT2D eigenvalue weighted by molar-refractivity contribution is 0.267. The Morgan fingerprint density at radius 1 is 0.955 bits per heavy atom. The van der Waals surface area contributed by atoms with Crippen molar-refractivity contribution in [2.45, 2.75) is 13.5 Å². The quantitative estimate of drug-likeness (QED) is 0.138. The van der Waals surface area contributed by atoms with E-state index in [2.05, 4.69) is 37.0 Å². The molecule has 0 bridgehead atoms. The molecule has 8 nitrogen and oxygen atoms in total. The van der Waals surface area contributed by atoms with Crippen LogP contribution in [0, 0.1) is 0 Å². The Bertz CT molecular complexity index is 2110. The van der Waals surface area contributed by atoms with Crippen molar-refractivity contribution in [2.75, 3.05) is 13.7 Å². The summed E-state index contributed by atoms with van der Waals surface area (Å²) < 4.78 is 26.2. The van der Waals surface area contributed by atoms with Crippen LogP contribution in [0.2, 0.25) is 5.02 Å². The van der Waals surface area contributed by atoms with Crippen LogP contribution in [-0.2, 0) is 6.61 Å². The molecule has 6 aromatic rings. The number of halogens is 3. The fourth-order valence-electron chi connectivity index (χ4n) is 4.69. The smallest absolute Gasteiger partial charge is 0.282 e. The van der Waals surface area contributed by atoms with Gasteiger partial charge in [-0.1, -0.05) is 48.0 Å². The predicted octanol–water partition coefficient (Wildman–Crippen LogP) is 8.86. The van der Waals surface area contributed by atoms with Crippen LogP contribution in [0.3, 0.4) is 0 Å². The Balaban J connectivity index is 1.45. The van der Waals surface area contributed by atoms with E-state index in [9.17, 15) is 4.79 Å². The SMILES string of the molecule is CCOc1cc(C=Nn2c(-c3cc4c(OC)cccc4o3)nc3ccccc3c2=O)c(Br)c(Br)c1OCc1ccccc1Cl. The Kier molecular flexibility index (Phi) is 8.74. The summed E-state index contributed by atoms with van der Waals surface area (Å²) >= 11 is 13.6. The second-order valence-electron chi connectivity index (χ2n) is 9.53. The molecule has 0 fully saturated rings. The summed E-state index contributed by atoms with van der Waals surface area (Å²) in [5.74, 6) is 2.23. The molecule has 2 heterocycles. The van der Waals surface area contributed by atoms with Gasteiger partial charge in [-0.3, -0.25) is 4.79 Å². The van der Waals surface area contributed by atoms with Crippen LogP contribution in [0.5, 0.6) is 17.2 Å². The highest BCUT2D eigenvalue weighted by atomic mass is 79.9. The first-order valence-corrected chi connectivity index (χ1v) is 15.5. The topological polar surface area (TPSA) is 88.1 Å². The molecule has 0 saturated heterocycles. The van der Waals surface area contributed by atoms with Gasteiger partial charge in [0.05, 0.1) is 40.7 Å². The number of rotatable bonds is 9. The molecule has 0 radical (unpaired) electrons. The average molecular weight is 738 g/mol. The lowest BCUT2D eigenvalue weighted by Gasteiger charge is -2.17. The van der Waals surface area contributed by atoms with Crippen LogP contribution in [0.4, 0.5) is 0 Å². The molecule has 0 unspecified atom stereocenters. The van der Waals surface area contributed by atoms with Crippen molar-refractivity contribution in [3.05, 3.63) is 114 Å². The molecule has 44 heavy (non-hydrogen) atoms. The maximum atomic E-state index is 13.8. The normalized spacial score (nSPS) is 11.5. The second-order valence-corrected chi connectivity index (χ2v) is 11.5. The molecule has 0 aliphatic rings. The van der Waals surface area contributed by atoms with E-state index in [1.807, 2.05) is 55.5 Å². The van der Waals surface area contributed by atoms with Crippen molar-refractivity contribution in [3.8, 4) is 28.8 Å². The molecular weight excluding hydrogens is 714 g/mol. The largest absolute Gasteiger partial charge is 0.496 e. The number of para-hydroxylation sites is 1. The number of ether oxygens (including phenoxy) is 3. The van der Waals surface area contributed by atoms with Gasteiger partial charge >= 0.3 is 0 Å². The first kappa shape index (κ1) is 29.9. The zero-order valence-corrected chi connectivity index (χ0v) is 27.4. The number of hydrogen-bond donors (Lipinski definition) is 0. The molecule has 222 valence electrons. The zero-order valence-electron chi connectivity index (χ0n) is 23.5. The van der Waals surface area contributed by atoms with Crippen molar-refractivity contribution < 1.29 is 18.6 Å². The van der Waals surface area contributed by atoms with Gasteiger partial charge in [0.1, 0.15) is 17.9 Å². The Hall–Kier alpha value is -4.12. The Morgan fingerprint density at radius 2 is 1.75 bits per heavy atom. The number of hydrogen-bond acceptors (Lipinski definition) is 7. The minimum Gasteiger partial charge on any atom is -0.496 e. The average Bonchev–Trinajstić information content (AvgIpc) is 3.48.